The van der Waals surface area contributed by atoms with Crippen molar-refractivity contribution in [3.8, 4) is 0 Å². The van der Waals surface area contributed by atoms with Crippen molar-refractivity contribution in [1.82, 2.24) is 15.6 Å². The molecular formula is C14H14BrN3O2S. The van der Waals surface area contributed by atoms with Gasteiger partial charge in [0.15, 0.2) is 0 Å². The zero-order chi connectivity index (χ0) is 15.2. The number of nitrogens with one attached hydrogen (secondary N) is 2. The van der Waals surface area contributed by atoms with Crippen molar-refractivity contribution in [3.05, 3.63) is 50.9 Å². The van der Waals surface area contributed by atoms with Gasteiger partial charge in [-0.25, -0.2) is 4.98 Å². The third-order valence-electron chi connectivity index (χ3n) is 2.75. The van der Waals surface area contributed by atoms with Crippen LogP contribution in [-0.2, 0) is 11.3 Å². The van der Waals surface area contributed by atoms with Crippen LogP contribution in [0.5, 0.6) is 0 Å². The Morgan fingerprint density at radius 2 is 2.24 bits per heavy atom. The van der Waals surface area contributed by atoms with Crippen molar-refractivity contribution in [1.29, 1.82) is 0 Å². The number of rotatable bonds is 5. The van der Waals surface area contributed by atoms with E-state index in [1.807, 2.05) is 11.4 Å². The second kappa shape index (κ2) is 7.33. The van der Waals surface area contributed by atoms with Gasteiger partial charge in [0.1, 0.15) is 6.04 Å². The molecule has 0 aliphatic heterocycles. The van der Waals surface area contributed by atoms with Crippen LogP contribution in [0.25, 0.3) is 0 Å². The molecular weight excluding hydrogens is 354 g/mol. The zero-order valence-corrected chi connectivity index (χ0v) is 13.7. The number of carbonyl (C=O) groups excluding carboxylic acids is 2. The Morgan fingerprint density at radius 1 is 1.43 bits per heavy atom. The van der Waals surface area contributed by atoms with Crippen LogP contribution in [0.1, 0.15) is 23.0 Å². The monoisotopic (exact) mass is 367 g/mol. The Bertz CT molecular complexity index is 631. The van der Waals surface area contributed by atoms with Crippen molar-refractivity contribution < 1.29 is 9.59 Å². The summed E-state index contributed by atoms with van der Waals surface area (Å²) in [4.78, 5) is 28.0. The van der Waals surface area contributed by atoms with Crippen molar-refractivity contribution in [2.45, 2.75) is 19.5 Å². The van der Waals surface area contributed by atoms with Crippen LogP contribution < -0.4 is 10.6 Å². The van der Waals surface area contributed by atoms with Crippen LogP contribution in [0.2, 0.25) is 0 Å². The molecule has 0 saturated carbocycles. The average Bonchev–Trinajstić information content (AvgIpc) is 2.97. The molecule has 1 heterocycles. The van der Waals surface area contributed by atoms with Gasteiger partial charge in [0.25, 0.3) is 5.91 Å². The smallest absolute Gasteiger partial charge is 0.251 e. The van der Waals surface area contributed by atoms with Crippen molar-refractivity contribution in [2.75, 3.05) is 0 Å². The van der Waals surface area contributed by atoms with Crippen LogP contribution in [0.4, 0.5) is 0 Å². The van der Waals surface area contributed by atoms with Crippen molar-refractivity contribution in [3.63, 3.8) is 0 Å². The molecule has 1 atom stereocenters. The van der Waals surface area contributed by atoms with Gasteiger partial charge >= 0.3 is 0 Å². The molecule has 2 N–H and O–H groups in total. The first-order valence-corrected chi connectivity index (χ1v) is 8.01. The topological polar surface area (TPSA) is 71.1 Å². The molecule has 0 unspecified atom stereocenters. The maximum Gasteiger partial charge on any atom is 0.251 e. The number of amides is 2. The Balaban J connectivity index is 1.86. The summed E-state index contributed by atoms with van der Waals surface area (Å²) in [6, 6.07) is 6.39. The number of nitrogens with zero attached hydrogens (tertiary/aromatic N) is 1. The minimum Gasteiger partial charge on any atom is -0.349 e. The van der Waals surface area contributed by atoms with Gasteiger partial charge in [-0.2, -0.15) is 0 Å². The first kappa shape index (κ1) is 15.7. The molecule has 1 aromatic carbocycles. The summed E-state index contributed by atoms with van der Waals surface area (Å²) < 4.78 is 0.816. The maximum atomic E-state index is 12.0. The number of thiazole rings is 1. The zero-order valence-electron chi connectivity index (χ0n) is 11.3. The van der Waals surface area contributed by atoms with E-state index in [1.165, 1.54) is 11.3 Å². The van der Waals surface area contributed by atoms with Gasteiger partial charge < -0.3 is 10.6 Å². The first-order valence-electron chi connectivity index (χ1n) is 6.27. The second-order valence-electron chi connectivity index (χ2n) is 4.40. The normalized spacial score (nSPS) is 11.7. The van der Waals surface area contributed by atoms with Gasteiger partial charge in [0, 0.05) is 15.4 Å². The number of hydrogen-bond acceptors (Lipinski definition) is 4. The Hall–Kier alpha value is -1.73. The minimum absolute atomic E-state index is 0.244. The van der Waals surface area contributed by atoms with Crippen LogP contribution in [0.3, 0.4) is 0 Å². The van der Waals surface area contributed by atoms with E-state index in [1.54, 1.807) is 30.6 Å². The summed E-state index contributed by atoms with van der Waals surface area (Å²) >= 11 is 4.78. The van der Waals surface area contributed by atoms with Crippen LogP contribution in [0.15, 0.2) is 39.6 Å². The summed E-state index contributed by atoms with van der Waals surface area (Å²) in [6.07, 6.45) is 0. The molecule has 5 nitrogen and oxygen atoms in total. The van der Waals surface area contributed by atoms with E-state index in [0.29, 0.717) is 12.1 Å². The lowest BCUT2D eigenvalue weighted by Gasteiger charge is -2.13. The van der Waals surface area contributed by atoms with E-state index >= 15 is 0 Å². The van der Waals surface area contributed by atoms with Crippen LogP contribution in [-0.4, -0.2) is 22.8 Å². The number of carbonyl (C=O) groups is 2. The average molecular weight is 368 g/mol. The highest BCUT2D eigenvalue weighted by molar-refractivity contribution is 9.10. The van der Waals surface area contributed by atoms with Crippen molar-refractivity contribution >= 4 is 39.1 Å². The molecule has 0 fully saturated rings. The summed E-state index contributed by atoms with van der Waals surface area (Å²) in [5.74, 6) is -0.529. The van der Waals surface area contributed by atoms with Gasteiger partial charge in [-0.05, 0) is 25.1 Å². The molecule has 2 aromatic rings. The van der Waals surface area contributed by atoms with Crippen LogP contribution in [0, 0.1) is 0 Å². The molecule has 0 saturated heterocycles. The molecule has 7 heteroatoms. The highest BCUT2D eigenvalue weighted by atomic mass is 79.9. The molecule has 2 amide bonds. The molecule has 0 aliphatic rings. The van der Waals surface area contributed by atoms with E-state index < -0.39 is 6.04 Å². The fourth-order valence-corrected chi connectivity index (χ4v) is 2.59. The quantitative estimate of drug-likeness (QED) is 0.851. The standard InChI is InChI=1S/C14H14BrN3O2S/c1-9(13(19)16-6-12-7-21-8-17-12)18-14(20)10-3-2-4-11(15)5-10/h2-5,7-9H,6H2,1H3,(H,16,19)(H,18,20)/t9-/m1/s1. The number of aromatic nitrogens is 1. The molecule has 0 bridgehead atoms. The fraction of sp³-hybridized carbons (Fsp3) is 0.214. The molecule has 0 radical (unpaired) electrons. The molecule has 110 valence electrons. The SMILES string of the molecule is C[C@@H](NC(=O)c1cccc(Br)c1)C(=O)NCc1cscn1. The molecule has 1 aromatic heterocycles. The predicted octanol–water partition coefficient (Wildman–Crippen LogP) is 2.34. The highest BCUT2D eigenvalue weighted by Gasteiger charge is 2.16. The predicted molar refractivity (Wildman–Crippen MR) is 85.0 cm³/mol. The molecule has 2 rings (SSSR count). The van der Waals surface area contributed by atoms with E-state index in [9.17, 15) is 9.59 Å². The van der Waals surface area contributed by atoms with Crippen LogP contribution >= 0.6 is 27.3 Å². The summed E-state index contributed by atoms with van der Waals surface area (Å²) in [6.45, 7) is 2.01. The van der Waals surface area contributed by atoms with Gasteiger partial charge in [-0.3, -0.25) is 9.59 Å². The number of halogens is 1. The van der Waals surface area contributed by atoms with Crippen molar-refractivity contribution in [2.24, 2.45) is 0 Å². The third kappa shape index (κ3) is 4.64. The van der Waals surface area contributed by atoms with Gasteiger partial charge in [-0.1, -0.05) is 22.0 Å². The summed E-state index contributed by atoms with van der Waals surface area (Å²) in [7, 11) is 0. The number of hydrogen-bond donors (Lipinski definition) is 2. The highest BCUT2D eigenvalue weighted by Crippen LogP contribution is 2.11. The Kier molecular flexibility index (Phi) is 5.46. The lowest BCUT2D eigenvalue weighted by molar-refractivity contribution is -0.122. The maximum absolute atomic E-state index is 12.0. The molecule has 0 spiro atoms. The van der Waals surface area contributed by atoms with E-state index in [4.69, 9.17) is 0 Å². The first-order chi connectivity index (χ1) is 10.1. The third-order valence-corrected chi connectivity index (χ3v) is 3.88. The Morgan fingerprint density at radius 3 is 2.90 bits per heavy atom. The lowest BCUT2D eigenvalue weighted by Crippen LogP contribution is -2.44. The Labute approximate surface area is 134 Å². The van der Waals surface area contributed by atoms with Gasteiger partial charge in [0.2, 0.25) is 5.91 Å². The molecule has 0 aliphatic carbocycles. The fourth-order valence-electron chi connectivity index (χ4n) is 1.63. The largest absolute Gasteiger partial charge is 0.349 e. The molecule has 21 heavy (non-hydrogen) atoms. The minimum atomic E-state index is -0.616. The van der Waals surface area contributed by atoms with Gasteiger partial charge in [-0.15, -0.1) is 11.3 Å². The van der Waals surface area contributed by atoms with E-state index in [0.717, 1.165) is 10.2 Å². The summed E-state index contributed by atoms with van der Waals surface area (Å²) in [5.41, 5.74) is 3.02. The number of benzene rings is 1. The van der Waals surface area contributed by atoms with Gasteiger partial charge in [0.05, 0.1) is 17.7 Å². The van der Waals surface area contributed by atoms with E-state index in [-0.39, 0.29) is 11.8 Å². The lowest BCUT2D eigenvalue weighted by atomic mass is 10.2. The van der Waals surface area contributed by atoms with E-state index in [2.05, 4.69) is 31.5 Å². The summed E-state index contributed by atoms with van der Waals surface area (Å²) in [5, 5.41) is 7.26. The second-order valence-corrected chi connectivity index (χ2v) is 6.04.